The zero-order valence-corrected chi connectivity index (χ0v) is 14.5. The number of aryl methyl sites for hydroxylation is 1. The molecule has 0 fully saturated rings. The summed E-state index contributed by atoms with van der Waals surface area (Å²) in [5.41, 5.74) is 3.93. The quantitative estimate of drug-likeness (QED) is 0.863. The summed E-state index contributed by atoms with van der Waals surface area (Å²) in [4.78, 5) is 22.0. The average molecular weight is 331 g/mol. The maximum atomic E-state index is 12.7. The Hall–Kier alpha value is -2.08. The van der Waals surface area contributed by atoms with Crippen molar-refractivity contribution in [3.8, 4) is 5.75 Å². The SMILES string of the molecule is Cc1ncsc1CCN(C)C(=O)C1CN(C)c2ccccc2O1. The summed E-state index contributed by atoms with van der Waals surface area (Å²) in [6.45, 7) is 3.25. The molecular weight excluding hydrogens is 310 g/mol. The summed E-state index contributed by atoms with van der Waals surface area (Å²) < 4.78 is 5.90. The molecule has 0 aliphatic carbocycles. The third-order valence-corrected chi connectivity index (χ3v) is 5.15. The van der Waals surface area contributed by atoms with Gasteiger partial charge in [0.05, 0.1) is 23.4 Å². The van der Waals surface area contributed by atoms with Gasteiger partial charge in [-0.1, -0.05) is 12.1 Å². The number of thiazole rings is 1. The molecule has 3 rings (SSSR count). The van der Waals surface area contributed by atoms with Crippen molar-refractivity contribution in [2.75, 3.05) is 32.1 Å². The zero-order valence-electron chi connectivity index (χ0n) is 13.7. The average Bonchev–Trinajstić information content (AvgIpc) is 2.97. The number of rotatable bonds is 4. The normalized spacial score (nSPS) is 16.7. The van der Waals surface area contributed by atoms with E-state index in [-0.39, 0.29) is 5.91 Å². The van der Waals surface area contributed by atoms with Crippen LogP contribution in [0.3, 0.4) is 0 Å². The van der Waals surface area contributed by atoms with Crippen LogP contribution in [0.1, 0.15) is 10.6 Å². The summed E-state index contributed by atoms with van der Waals surface area (Å²) in [6.07, 6.45) is 0.375. The molecule has 6 heteroatoms. The number of carbonyl (C=O) groups is 1. The van der Waals surface area contributed by atoms with E-state index in [1.165, 1.54) is 4.88 Å². The van der Waals surface area contributed by atoms with Gasteiger partial charge in [0.25, 0.3) is 5.91 Å². The minimum Gasteiger partial charge on any atom is -0.477 e. The smallest absolute Gasteiger partial charge is 0.265 e. The summed E-state index contributed by atoms with van der Waals surface area (Å²) >= 11 is 1.64. The highest BCUT2D eigenvalue weighted by Crippen LogP contribution is 2.32. The molecule has 1 aromatic heterocycles. The van der Waals surface area contributed by atoms with Crippen molar-refractivity contribution in [1.82, 2.24) is 9.88 Å². The van der Waals surface area contributed by atoms with Gasteiger partial charge in [0.15, 0.2) is 6.10 Å². The molecule has 0 saturated carbocycles. The highest BCUT2D eigenvalue weighted by Gasteiger charge is 2.30. The lowest BCUT2D eigenvalue weighted by molar-refractivity contribution is -0.137. The number of amides is 1. The van der Waals surface area contributed by atoms with E-state index < -0.39 is 6.10 Å². The van der Waals surface area contributed by atoms with Crippen molar-refractivity contribution in [3.63, 3.8) is 0 Å². The number of para-hydroxylation sites is 2. The lowest BCUT2D eigenvalue weighted by Crippen LogP contribution is -2.48. The Morgan fingerprint density at radius 1 is 1.48 bits per heavy atom. The Kier molecular flexibility index (Phi) is 4.52. The Balaban J connectivity index is 1.63. The molecule has 1 atom stereocenters. The molecule has 5 nitrogen and oxygen atoms in total. The number of carbonyl (C=O) groups excluding carboxylic acids is 1. The third-order valence-electron chi connectivity index (χ3n) is 4.16. The Bertz CT molecular complexity index is 701. The van der Waals surface area contributed by atoms with Crippen molar-refractivity contribution in [1.29, 1.82) is 0 Å². The second-order valence-corrected chi connectivity index (χ2v) is 6.76. The summed E-state index contributed by atoms with van der Waals surface area (Å²) in [5.74, 6) is 0.792. The van der Waals surface area contributed by atoms with Crippen LogP contribution < -0.4 is 9.64 Å². The van der Waals surface area contributed by atoms with Crippen molar-refractivity contribution in [2.24, 2.45) is 0 Å². The number of fused-ring (bicyclic) bond motifs is 1. The van der Waals surface area contributed by atoms with Crippen LogP contribution in [-0.2, 0) is 11.2 Å². The van der Waals surface area contributed by atoms with E-state index in [0.29, 0.717) is 13.1 Å². The van der Waals surface area contributed by atoms with Gasteiger partial charge in [0.2, 0.25) is 0 Å². The van der Waals surface area contributed by atoms with Gasteiger partial charge in [0.1, 0.15) is 5.75 Å². The van der Waals surface area contributed by atoms with Gasteiger partial charge in [-0.25, -0.2) is 4.98 Å². The van der Waals surface area contributed by atoms with Gasteiger partial charge >= 0.3 is 0 Å². The molecule has 1 amide bonds. The molecule has 0 radical (unpaired) electrons. The number of ether oxygens (including phenoxy) is 1. The van der Waals surface area contributed by atoms with Gasteiger partial charge in [-0.05, 0) is 19.1 Å². The highest BCUT2D eigenvalue weighted by atomic mass is 32.1. The fourth-order valence-corrected chi connectivity index (χ4v) is 3.50. The van der Waals surface area contributed by atoms with E-state index in [1.54, 1.807) is 16.2 Å². The van der Waals surface area contributed by atoms with Gasteiger partial charge < -0.3 is 14.5 Å². The van der Waals surface area contributed by atoms with Crippen LogP contribution in [0, 0.1) is 6.92 Å². The minimum atomic E-state index is -0.456. The topological polar surface area (TPSA) is 45.7 Å². The van der Waals surface area contributed by atoms with Crippen LogP contribution in [0.5, 0.6) is 5.75 Å². The molecule has 2 aromatic rings. The molecule has 0 spiro atoms. The van der Waals surface area contributed by atoms with Crippen molar-refractivity contribution >= 4 is 22.9 Å². The number of benzene rings is 1. The molecule has 122 valence electrons. The molecule has 0 bridgehead atoms. The maximum Gasteiger partial charge on any atom is 0.265 e. The van der Waals surface area contributed by atoms with Gasteiger partial charge in [-0.15, -0.1) is 11.3 Å². The van der Waals surface area contributed by atoms with Crippen LogP contribution in [0.25, 0.3) is 0 Å². The predicted molar refractivity (Wildman–Crippen MR) is 92.3 cm³/mol. The standard InChI is InChI=1S/C17H21N3O2S/c1-12-16(23-11-18-12)8-9-19(2)17(21)15-10-20(3)13-6-4-5-7-14(13)22-15/h4-7,11,15H,8-10H2,1-3H3. The number of anilines is 1. The molecule has 0 N–H and O–H groups in total. The predicted octanol–water partition coefficient (Wildman–Crippen LogP) is 2.35. The van der Waals surface area contributed by atoms with Crippen LogP contribution in [0.4, 0.5) is 5.69 Å². The summed E-state index contributed by atoms with van der Waals surface area (Å²) in [5, 5.41) is 0. The monoisotopic (exact) mass is 331 g/mol. The number of likely N-dealkylation sites (N-methyl/N-ethyl adjacent to an activating group) is 2. The molecule has 1 aliphatic rings. The minimum absolute atomic E-state index is 0.0218. The summed E-state index contributed by atoms with van der Waals surface area (Å²) in [6, 6.07) is 7.82. The van der Waals surface area contributed by atoms with Crippen LogP contribution in [-0.4, -0.2) is 49.1 Å². The first-order valence-electron chi connectivity index (χ1n) is 7.67. The van der Waals surface area contributed by atoms with E-state index >= 15 is 0 Å². The lowest BCUT2D eigenvalue weighted by atomic mass is 10.2. The second-order valence-electron chi connectivity index (χ2n) is 5.83. The Morgan fingerprint density at radius 2 is 2.26 bits per heavy atom. The number of hydrogen-bond donors (Lipinski definition) is 0. The number of hydrogen-bond acceptors (Lipinski definition) is 5. The Morgan fingerprint density at radius 3 is 3.00 bits per heavy atom. The van der Waals surface area contributed by atoms with Crippen molar-refractivity contribution < 1.29 is 9.53 Å². The Labute approximate surface area is 140 Å². The first-order chi connectivity index (χ1) is 11.1. The van der Waals surface area contributed by atoms with Crippen LogP contribution >= 0.6 is 11.3 Å². The van der Waals surface area contributed by atoms with E-state index in [2.05, 4.69) is 9.88 Å². The second kappa shape index (κ2) is 6.58. The van der Waals surface area contributed by atoms with Gasteiger partial charge in [-0.2, -0.15) is 0 Å². The maximum absolute atomic E-state index is 12.7. The van der Waals surface area contributed by atoms with Crippen LogP contribution in [0.2, 0.25) is 0 Å². The van der Waals surface area contributed by atoms with E-state index in [4.69, 9.17) is 4.74 Å². The fraction of sp³-hybridized carbons (Fsp3) is 0.412. The van der Waals surface area contributed by atoms with Crippen molar-refractivity contribution in [2.45, 2.75) is 19.4 Å². The van der Waals surface area contributed by atoms with E-state index in [0.717, 1.165) is 23.6 Å². The largest absolute Gasteiger partial charge is 0.477 e. The molecule has 2 heterocycles. The van der Waals surface area contributed by atoms with Gasteiger partial charge in [0, 0.05) is 31.9 Å². The molecule has 1 aromatic carbocycles. The lowest BCUT2D eigenvalue weighted by Gasteiger charge is -2.34. The van der Waals surface area contributed by atoms with Crippen LogP contribution in [0.15, 0.2) is 29.8 Å². The molecule has 1 aliphatic heterocycles. The van der Waals surface area contributed by atoms with E-state index in [1.807, 2.05) is 50.8 Å². The number of aromatic nitrogens is 1. The molecule has 23 heavy (non-hydrogen) atoms. The first kappa shape index (κ1) is 15.8. The van der Waals surface area contributed by atoms with E-state index in [9.17, 15) is 4.79 Å². The zero-order chi connectivity index (χ0) is 16.4. The third kappa shape index (κ3) is 3.32. The number of nitrogens with zero attached hydrogens (tertiary/aromatic N) is 3. The fourth-order valence-electron chi connectivity index (χ4n) is 2.73. The van der Waals surface area contributed by atoms with Crippen molar-refractivity contribution in [3.05, 3.63) is 40.3 Å². The highest BCUT2D eigenvalue weighted by molar-refractivity contribution is 7.09. The molecular formula is C17H21N3O2S. The first-order valence-corrected chi connectivity index (χ1v) is 8.55. The molecule has 1 unspecified atom stereocenters. The van der Waals surface area contributed by atoms with Gasteiger partial charge in [-0.3, -0.25) is 4.79 Å². The summed E-state index contributed by atoms with van der Waals surface area (Å²) in [7, 11) is 3.82. The molecule has 0 saturated heterocycles.